The van der Waals surface area contributed by atoms with Gasteiger partial charge in [-0.05, 0) is 48.9 Å². The predicted octanol–water partition coefficient (Wildman–Crippen LogP) is 2.74. The second kappa shape index (κ2) is 7.22. The van der Waals surface area contributed by atoms with Gasteiger partial charge in [-0.15, -0.1) is 0 Å². The highest BCUT2D eigenvalue weighted by molar-refractivity contribution is 5.84. The Hall–Kier alpha value is -3.81. The number of imidazole rings is 1. The molecular formula is C22H23N7O. The van der Waals surface area contributed by atoms with Crippen LogP contribution in [-0.4, -0.2) is 50.8 Å². The molecule has 0 atom stereocenters. The number of fused-ring (bicyclic) bond motifs is 1. The number of nitrogen functional groups attached to an aromatic ring is 1. The van der Waals surface area contributed by atoms with E-state index in [1.54, 1.807) is 18.5 Å². The molecule has 0 saturated carbocycles. The molecule has 4 aromatic rings. The summed E-state index contributed by atoms with van der Waals surface area (Å²) in [7, 11) is 0. The van der Waals surface area contributed by atoms with E-state index in [2.05, 4.69) is 38.8 Å². The number of anilines is 3. The van der Waals surface area contributed by atoms with E-state index >= 15 is 0 Å². The number of phenols is 1. The van der Waals surface area contributed by atoms with Gasteiger partial charge in [0, 0.05) is 37.6 Å². The average molecular weight is 401 g/mol. The van der Waals surface area contributed by atoms with Gasteiger partial charge in [0.1, 0.15) is 12.1 Å². The summed E-state index contributed by atoms with van der Waals surface area (Å²) in [4.78, 5) is 18.2. The first-order valence-corrected chi connectivity index (χ1v) is 9.95. The Morgan fingerprint density at radius 1 is 0.900 bits per heavy atom. The van der Waals surface area contributed by atoms with E-state index in [-0.39, 0.29) is 5.75 Å². The second-order valence-corrected chi connectivity index (χ2v) is 7.53. The summed E-state index contributed by atoms with van der Waals surface area (Å²) in [5.41, 5.74) is 10.8. The van der Waals surface area contributed by atoms with Crippen LogP contribution in [0.3, 0.4) is 0 Å². The van der Waals surface area contributed by atoms with Crippen LogP contribution >= 0.6 is 0 Å². The maximum absolute atomic E-state index is 9.50. The quantitative estimate of drug-likeness (QED) is 0.545. The van der Waals surface area contributed by atoms with Crippen LogP contribution in [0.4, 0.5) is 17.5 Å². The van der Waals surface area contributed by atoms with E-state index in [0.717, 1.165) is 37.6 Å². The molecule has 0 unspecified atom stereocenters. The Balaban J connectivity index is 1.42. The van der Waals surface area contributed by atoms with Crippen molar-refractivity contribution in [3.63, 3.8) is 0 Å². The lowest BCUT2D eigenvalue weighted by molar-refractivity contribution is 0.475. The Morgan fingerprint density at radius 3 is 2.37 bits per heavy atom. The van der Waals surface area contributed by atoms with Gasteiger partial charge in [-0.1, -0.05) is 12.1 Å². The number of aryl methyl sites for hydroxylation is 1. The third kappa shape index (κ3) is 3.26. The Morgan fingerprint density at radius 2 is 1.63 bits per heavy atom. The minimum Gasteiger partial charge on any atom is -0.508 e. The molecule has 8 heteroatoms. The van der Waals surface area contributed by atoms with E-state index in [9.17, 15) is 5.11 Å². The van der Waals surface area contributed by atoms with Crippen LogP contribution in [0.15, 0.2) is 54.9 Å². The fraction of sp³-hybridized carbons (Fsp3) is 0.227. The lowest BCUT2D eigenvalue weighted by Crippen LogP contribution is -2.47. The number of piperazine rings is 1. The molecule has 1 aliphatic rings. The van der Waals surface area contributed by atoms with E-state index in [0.29, 0.717) is 22.9 Å². The standard InChI is InChI=1S/C22H23N7O/c1-15-3-2-4-17(13-15)29-14-24-19-20(23)25-22(26-21(19)29)28-11-9-27(10-12-28)16-5-7-18(30)8-6-16/h2-8,13-14,30H,9-12H2,1H3,(H2,23,25,26). The van der Waals surface area contributed by atoms with Gasteiger partial charge in [0.15, 0.2) is 17.0 Å². The minimum absolute atomic E-state index is 0.278. The first-order valence-electron chi connectivity index (χ1n) is 9.95. The predicted molar refractivity (Wildman–Crippen MR) is 118 cm³/mol. The Labute approximate surface area is 174 Å². The Bertz CT molecular complexity index is 1190. The largest absolute Gasteiger partial charge is 0.508 e. The number of nitrogens with zero attached hydrogens (tertiary/aromatic N) is 6. The van der Waals surface area contributed by atoms with Crippen molar-refractivity contribution in [1.82, 2.24) is 19.5 Å². The van der Waals surface area contributed by atoms with Crippen LogP contribution in [0, 0.1) is 6.92 Å². The molecule has 0 spiro atoms. The SMILES string of the molecule is Cc1cccc(-n2cnc3c(N)nc(N4CCN(c5ccc(O)cc5)CC4)nc32)c1. The number of benzene rings is 2. The van der Waals surface area contributed by atoms with Gasteiger partial charge in [-0.2, -0.15) is 9.97 Å². The molecule has 1 fully saturated rings. The number of rotatable bonds is 3. The zero-order valence-electron chi connectivity index (χ0n) is 16.7. The number of aromatic nitrogens is 4. The van der Waals surface area contributed by atoms with Crippen LogP contribution in [0.1, 0.15) is 5.56 Å². The molecule has 1 saturated heterocycles. The van der Waals surface area contributed by atoms with Gasteiger partial charge in [-0.25, -0.2) is 4.98 Å². The third-order valence-corrected chi connectivity index (χ3v) is 5.47. The van der Waals surface area contributed by atoms with Gasteiger partial charge < -0.3 is 20.6 Å². The van der Waals surface area contributed by atoms with Crippen LogP contribution in [0.2, 0.25) is 0 Å². The number of nitrogens with two attached hydrogens (primary N) is 1. The smallest absolute Gasteiger partial charge is 0.229 e. The van der Waals surface area contributed by atoms with E-state index in [1.165, 1.54) is 5.56 Å². The van der Waals surface area contributed by atoms with Crippen LogP contribution in [0.25, 0.3) is 16.9 Å². The molecule has 1 aliphatic heterocycles. The normalized spacial score (nSPS) is 14.4. The van der Waals surface area contributed by atoms with E-state index in [1.807, 2.05) is 28.8 Å². The fourth-order valence-corrected chi connectivity index (χ4v) is 3.85. The molecule has 3 heterocycles. The Kier molecular flexibility index (Phi) is 4.39. The molecule has 30 heavy (non-hydrogen) atoms. The van der Waals surface area contributed by atoms with Gasteiger partial charge in [0.2, 0.25) is 5.95 Å². The zero-order valence-corrected chi connectivity index (χ0v) is 16.7. The maximum Gasteiger partial charge on any atom is 0.229 e. The van der Waals surface area contributed by atoms with Gasteiger partial charge in [0.25, 0.3) is 0 Å². The second-order valence-electron chi connectivity index (χ2n) is 7.53. The van der Waals surface area contributed by atoms with Crippen molar-refractivity contribution in [2.45, 2.75) is 6.92 Å². The van der Waals surface area contributed by atoms with Crippen molar-refractivity contribution in [3.05, 3.63) is 60.4 Å². The van der Waals surface area contributed by atoms with E-state index < -0.39 is 0 Å². The van der Waals surface area contributed by atoms with Crippen molar-refractivity contribution in [2.75, 3.05) is 41.7 Å². The first-order chi connectivity index (χ1) is 14.6. The molecule has 0 bridgehead atoms. The fourth-order valence-electron chi connectivity index (χ4n) is 3.85. The summed E-state index contributed by atoms with van der Waals surface area (Å²) in [6, 6.07) is 15.5. The number of phenolic OH excluding ortho intramolecular Hbond substituents is 1. The lowest BCUT2D eigenvalue weighted by Gasteiger charge is -2.36. The topological polar surface area (TPSA) is 96.3 Å². The van der Waals surface area contributed by atoms with Crippen LogP contribution in [0.5, 0.6) is 5.75 Å². The molecule has 0 aliphatic carbocycles. The summed E-state index contributed by atoms with van der Waals surface area (Å²) in [6.07, 6.45) is 1.75. The summed E-state index contributed by atoms with van der Waals surface area (Å²) < 4.78 is 1.95. The van der Waals surface area contributed by atoms with Crippen molar-refractivity contribution >= 4 is 28.6 Å². The number of aromatic hydroxyl groups is 1. The molecular weight excluding hydrogens is 378 g/mol. The highest BCUT2D eigenvalue weighted by Gasteiger charge is 2.22. The molecule has 0 amide bonds. The summed E-state index contributed by atoms with van der Waals surface area (Å²) >= 11 is 0. The maximum atomic E-state index is 9.50. The van der Waals surface area contributed by atoms with Crippen molar-refractivity contribution in [1.29, 1.82) is 0 Å². The highest BCUT2D eigenvalue weighted by atomic mass is 16.3. The lowest BCUT2D eigenvalue weighted by atomic mass is 10.2. The molecule has 152 valence electrons. The van der Waals surface area contributed by atoms with Crippen LogP contribution < -0.4 is 15.5 Å². The van der Waals surface area contributed by atoms with Gasteiger partial charge in [0.05, 0.1) is 0 Å². The molecule has 2 aromatic carbocycles. The molecule has 0 radical (unpaired) electrons. The van der Waals surface area contributed by atoms with Gasteiger partial charge in [-0.3, -0.25) is 4.57 Å². The van der Waals surface area contributed by atoms with Crippen molar-refractivity contribution in [3.8, 4) is 11.4 Å². The molecule has 8 nitrogen and oxygen atoms in total. The zero-order chi connectivity index (χ0) is 20.7. The van der Waals surface area contributed by atoms with E-state index in [4.69, 9.17) is 10.7 Å². The van der Waals surface area contributed by atoms with Crippen molar-refractivity contribution < 1.29 is 5.11 Å². The molecule has 2 aromatic heterocycles. The minimum atomic E-state index is 0.278. The number of hydrogen-bond donors (Lipinski definition) is 2. The van der Waals surface area contributed by atoms with Crippen LogP contribution in [-0.2, 0) is 0 Å². The first kappa shape index (κ1) is 18.2. The molecule has 5 rings (SSSR count). The van der Waals surface area contributed by atoms with Gasteiger partial charge >= 0.3 is 0 Å². The highest BCUT2D eigenvalue weighted by Crippen LogP contribution is 2.25. The third-order valence-electron chi connectivity index (χ3n) is 5.47. The van der Waals surface area contributed by atoms with Crippen molar-refractivity contribution in [2.24, 2.45) is 0 Å². The number of hydrogen-bond acceptors (Lipinski definition) is 7. The summed E-state index contributed by atoms with van der Waals surface area (Å²) in [5, 5.41) is 9.50. The summed E-state index contributed by atoms with van der Waals surface area (Å²) in [6.45, 7) is 5.30. The molecule has 3 N–H and O–H groups in total. The summed E-state index contributed by atoms with van der Waals surface area (Å²) in [5.74, 6) is 1.29. The average Bonchev–Trinajstić information content (AvgIpc) is 3.19. The monoisotopic (exact) mass is 401 g/mol.